The van der Waals surface area contributed by atoms with Crippen LogP contribution in [0.1, 0.15) is 27.0 Å². The number of carbonyl (C=O) groups is 2. The Labute approximate surface area is 197 Å². The Morgan fingerprint density at radius 3 is 2.33 bits per heavy atom. The standard InChI is InChI=1S/C26H21ClN2O4/c1-32-26(31)20-10-6-19(7-11-20)17-33-24-5-3-2-4-21(24)14-22(15-28)25(30)29-16-18-8-12-23(27)13-9-18/h2-14H,16-17H2,1H3,(H,29,30)/b22-14+. The van der Waals surface area contributed by atoms with E-state index in [1.807, 2.05) is 6.07 Å². The van der Waals surface area contributed by atoms with Gasteiger partial charge in [0.05, 0.1) is 12.7 Å². The number of para-hydroxylation sites is 1. The molecule has 0 spiro atoms. The quantitative estimate of drug-likeness (QED) is 0.292. The third kappa shape index (κ3) is 6.70. The van der Waals surface area contributed by atoms with Crippen molar-refractivity contribution in [2.75, 3.05) is 7.11 Å². The minimum absolute atomic E-state index is 0.0394. The second-order valence-corrected chi connectivity index (χ2v) is 7.43. The molecule has 0 aliphatic carbocycles. The molecule has 0 unspecified atom stereocenters. The third-order valence-electron chi connectivity index (χ3n) is 4.72. The predicted molar refractivity (Wildman–Crippen MR) is 125 cm³/mol. The summed E-state index contributed by atoms with van der Waals surface area (Å²) in [5.74, 6) is -0.371. The van der Waals surface area contributed by atoms with E-state index in [0.717, 1.165) is 11.1 Å². The smallest absolute Gasteiger partial charge is 0.337 e. The average molecular weight is 461 g/mol. The van der Waals surface area contributed by atoms with Gasteiger partial charge in [-0.05, 0) is 47.5 Å². The van der Waals surface area contributed by atoms with Gasteiger partial charge in [0, 0.05) is 17.1 Å². The van der Waals surface area contributed by atoms with E-state index < -0.39 is 11.9 Å². The van der Waals surface area contributed by atoms with Crippen LogP contribution < -0.4 is 10.1 Å². The van der Waals surface area contributed by atoms with Crippen molar-refractivity contribution in [2.24, 2.45) is 0 Å². The molecule has 0 saturated heterocycles. The van der Waals surface area contributed by atoms with Gasteiger partial charge < -0.3 is 14.8 Å². The van der Waals surface area contributed by atoms with E-state index in [-0.39, 0.29) is 18.7 Å². The Balaban J connectivity index is 1.68. The van der Waals surface area contributed by atoms with E-state index in [1.54, 1.807) is 72.8 Å². The Bertz CT molecular complexity index is 1200. The molecule has 166 valence electrons. The minimum atomic E-state index is -0.486. The van der Waals surface area contributed by atoms with Gasteiger partial charge in [-0.25, -0.2) is 4.79 Å². The Hall–Kier alpha value is -4.08. The average Bonchev–Trinajstić information content (AvgIpc) is 2.85. The maximum atomic E-state index is 12.5. The first-order valence-electron chi connectivity index (χ1n) is 10.0. The molecule has 0 bridgehead atoms. The predicted octanol–water partition coefficient (Wildman–Crippen LogP) is 4.93. The largest absolute Gasteiger partial charge is 0.488 e. The van der Waals surface area contributed by atoms with E-state index in [2.05, 4.69) is 5.32 Å². The summed E-state index contributed by atoms with van der Waals surface area (Å²) >= 11 is 5.87. The molecule has 3 aromatic carbocycles. The molecule has 3 aromatic rings. The maximum absolute atomic E-state index is 12.5. The summed E-state index contributed by atoms with van der Waals surface area (Å²) in [4.78, 5) is 24.1. The summed E-state index contributed by atoms with van der Waals surface area (Å²) in [5.41, 5.74) is 2.73. The van der Waals surface area contributed by atoms with Crippen LogP contribution in [0.5, 0.6) is 5.75 Å². The molecular weight excluding hydrogens is 440 g/mol. The molecule has 6 nitrogen and oxygen atoms in total. The number of nitrogens with one attached hydrogen (secondary N) is 1. The number of rotatable bonds is 8. The molecule has 0 radical (unpaired) electrons. The molecule has 0 saturated carbocycles. The lowest BCUT2D eigenvalue weighted by Crippen LogP contribution is -2.23. The molecule has 3 rings (SSSR count). The van der Waals surface area contributed by atoms with Gasteiger partial charge in [-0.1, -0.05) is 54.1 Å². The van der Waals surface area contributed by atoms with E-state index in [9.17, 15) is 14.9 Å². The van der Waals surface area contributed by atoms with Crippen LogP contribution in [0, 0.1) is 11.3 Å². The van der Waals surface area contributed by atoms with Gasteiger partial charge in [0.25, 0.3) is 5.91 Å². The van der Waals surface area contributed by atoms with Gasteiger partial charge in [-0.15, -0.1) is 0 Å². The highest BCUT2D eigenvalue weighted by Crippen LogP contribution is 2.22. The van der Waals surface area contributed by atoms with Gasteiger partial charge in [0.15, 0.2) is 0 Å². The van der Waals surface area contributed by atoms with E-state index in [0.29, 0.717) is 21.9 Å². The zero-order chi connectivity index (χ0) is 23.6. The zero-order valence-electron chi connectivity index (χ0n) is 17.9. The summed E-state index contributed by atoms with van der Waals surface area (Å²) in [6, 6.07) is 23.0. The number of nitriles is 1. The monoisotopic (exact) mass is 460 g/mol. The van der Waals surface area contributed by atoms with Gasteiger partial charge in [0.1, 0.15) is 24.0 Å². The maximum Gasteiger partial charge on any atom is 0.337 e. The number of benzene rings is 3. The zero-order valence-corrected chi connectivity index (χ0v) is 18.6. The van der Waals surface area contributed by atoms with Crippen LogP contribution in [0.4, 0.5) is 0 Å². The summed E-state index contributed by atoms with van der Waals surface area (Å²) < 4.78 is 10.6. The number of nitrogens with zero attached hydrogens (tertiary/aromatic N) is 1. The van der Waals surface area contributed by atoms with Crippen molar-refractivity contribution < 1.29 is 19.1 Å². The van der Waals surface area contributed by atoms with Crippen molar-refractivity contribution >= 4 is 29.6 Å². The first kappa shape index (κ1) is 23.6. The summed E-state index contributed by atoms with van der Waals surface area (Å²) in [6.07, 6.45) is 1.49. The van der Waals surface area contributed by atoms with Crippen LogP contribution in [0.25, 0.3) is 6.08 Å². The van der Waals surface area contributed by atoms with E-state index >= 15 is 0 Å². The van der Waals surface area contributed by atoms with Crippen LogP contribution in [-0.2, 0) is 22.7 Å². The highest BCUT2D eigenvalue weighted by molar-refractivity contribution is 6.30. The fourth-order valence-corrected chi connectivity index (χ4v) is 3.06. The van der Waals surface area contributed by atoms with Gasteiger partial charge >= 0.3 is 5.97 Å². The summed E-state index contributed by atoms with van der Waals surface area (Å²) in [6.45, 7) is 0.520. The lowest BCUT2D eigenvalue weighted by atomic mass is 10.1. The lowest BCUT2D eigenvalue weighted by Gasteiger charge is -2.10. The number of methoxy groups -OCH3 is 1. The van der Waals surface area contributed by atoms with Crippen molar-refractivity contribution in [3.8, 4) is 11.8 Å². The lowest BCUT2D eigenvalue weighted by molar-refractivity contribution is -0.117. The van der Waals surface area contributed by atoms with Crippen LogP contribution in [0.3, 0.4) is 0 Å². The fourth-order valence-electron chi connectivity index (χ4n) is 2.93. The summed E-state index contributed by atoms with van der Waals surface area (Å²) in [7, 11) is 1.33. The molecule has 1 amide bonds. The highest BCUT2D eigenvalue weighted by atomic mass is 35.5. The second kappa shape index (κ2) is 11.5. The number of ether oxygens (including phenoxy) is 2. The van der Waals surface area contributed by atoms with Crippen molar-refractivity contribution in [3.63, 3.8) is 0 Å². The van der Waals surface area contributed by atoms with Crippen molar-refractivity contribution in [1.82, 2.24) is 5.32 Å². The molecule has 0 aliphatic heterocycles. The summed E-state index contributed by atoms with van der Waals surface area (Å²) in [5, 5.41) is 12.9. The van der Waals surface area contributed by atoms with Crippen LogP contribution in [0.15, 0.2) is 78.4 Å². The van der Waals surface area contributed by atoms with Gasteiger partial charge in [-0.2, -0.15) is 5.26 Å². The molecule has 0 aromatic heterocycles. The molecule has 7 heteroatoms. The first-order valence-corrected chi connectivity index (χ1v) is 10.4. The molecule has 0 heterocycles. The number of halogens is 1. The number of hydrogen-bond acceptors (Lipinski definition) is 5. The molecule has 1 N–H and O–H groups in total. The minimum Gasteiger partial charge on any atom is -0.488 e. The topological polar surface area (TPSA) is 88.4 Å². The SMILES string of the molecule is COC(=O)c1ccc(COc2ccccc2/C=C(\C#N)C(=O)NCc2ccc(Cl)cc2)cc1. The Morgan fingerprint density at radius 2 is 1.67 bits per heavy atom. The van der Waals surface area contributed by atoms with E-state index in [1.165, 1.54) is 13.2 Å². The van der Waals surface area contributed by atoms with Gasteiger partial charge in [0.2, 0.25) is 0 Å². The number of amides is 1. The second-order valence-electron chi connectivity index (χ2n) is 6.99. The van der Waals surface area contributed by atoms with Crippen molar-refractivity contribution in [3.05, 3.63) is 106 Å². The van der Waals surface area contributed by atoms with E-state index in [4.69, 9.17) is 21.1 Å². The fraction of sp³-hybridized carbons (Fsp3) is 0.115. The Kier molecular flexibility index (Phi) is 8.23. The molecule has 0 atom stereocenters. The Morgan fingerprint density at radius 1 is 1.00 bits per heavy atom. The molecule has 33 heavy (non-hydrogen) atoms. The van der Waals surface area contributed by atoms with Gasteiger partial charge in [-0.3, -0.25) is 4.79 Å². The number of esters is 1. The molecule has 0 fully saturated rings. The third-order valence-corrected chi connectivity index (χ3v) is 4.97. The van der Waals surface area contributed by atoms with Crippen LogP contribution in [0.2, 0.25) is 5.02 Å². The van der Waals surface area contributed by atoms with Crippen molar-refractivity contribution in [1.29, 1.82) is 5.26 Å². The molecule has 0 aliphatic rings. The number of hydrogen-bond donors (Lipinski definition) is 1. The highest BCUT2D eigenvalue weighted by Gasteiger charge is 2.11. The van der Waals surface area contributed by atoms with Crippen LogP contribution in [-0.4, -0.2) is 19.0 Å². The normalized spacial score (nSPS) is 10.8. The van der Waals surface area contributed by atoms with Crippen molar-refractivity contribution in [2.45, 2.75) is 13.2 Å². The number of carbonyl (C=O) groups excluding carboxylic acids is 2. The first-order chi connectivity index (χ1) is 16.0. The van der Waals surface area contributed by atoms with Crippen LogP contribution >= 0.6 is 11.6 Å². The molecular formula is C26H21ClN2O4.